The van der Waals surface area contributed by atoms with Gasteiger partial charge in [-0.1, -0.05) is 28.1 Å². The second-order valence-electron chi connectivity index (χ2n) is 3.53. The molecule has 0 aliphatic carbocycles. The molecule has 0 saturated heterocycles. The van der Waals surface area contributed by atoms with Gasteiger partial charge in [0.15, 0.2) is 5.72 Å². The van der Waals surface area contributed by atoms with Crippen molar-refractivity contribution in [2.75, 3.05) is 0 Å². The maximum absolute atomic E-state index is 11.2. The lowest BCUT2D eigenvalue weighted by molar-refractivity contribution is -0.120. The molecule has 1 atom stereocenters. The fraction of sp³-hybridized carbons (Fsp3) is 0.182. The predicted molar refractivity (Wildman–Crippen MR) is 59.9 cm³/mol. The Labute approximate surface area is 95.9 Å². The molecule has 0 fully saturated rings. The number of aliphatic hydroxyl groups is 1. The zero-order chi connectivity index (χ0) is 11.1. The molecule has 1 heterocycles. The average molecular weight is 268 g/mol. The SMILES string of the molecule is CC1=CC(=O)N[C@@]1(O)c1ccc(Br)cc1. The molecular weight excluding hydrogens is 258 g/mol. The molecule has 2 rings (SSSR count). The van der Waals surface area contributed by atoms with E-state index in [1.165, 1.54) is 6.08 Å². The quantitative estimate of drug-likeness (QED) is 0.814. The molecule has 3 nitrogen and oxygen atoms in total. The van der Waals surface area contributed by atoms with E-state index in [0.717, 1.165) is 4.47 Å². The zero-order valence-electron chi connectivity index (χ0n) is 8.12. The monoisotopic (exact) mass is 267 g/mol. The molecule has 78 valence electrons. The summed E-state index contributed by atoms with van der Waals surface area (Å²) in [6.07, 6.45) is 1.40. The summed E-state index contributed by atoms with van der Waals surface area (Å²) in [5, 5.41) is 12.8. The van der Waals surface area contributed by atoms with Crippen molar-refractivity contribution in [1.29, 1.82) is 0 Å². The molecule has 0 saturated carbocycles. The minimum atomic E-state index is -1.35. The molecule has 1 amide bonds. The van der Waals surface area contributed by atoms with Gasteiger partial charge in [-0.25, -0.2) is 0 Å². The number of nitrogens with one attached hydrogen (secondary N) is 1. The van der Waals surface area contributed by atoms with Crippen LogP contribution in [0.3, 0.4) is 0 Å². The van der Waals surface area contributed by atoms with Gasteiger partial charge in [0, 0.05) is 16.1 Å². The van der Waals surface area contributed by atoms with Crippen LogP contribution in [-0.4, -0.2) is 11.0 Å². The van der Waals surface area contributed by atoms with Gasteiger partial charge in [0.25, 0.3) is 0 Å². The van der Waals surface area contributed by atoms with Crippen LogP contribution in [0.2, 0.25) is 0 Å². The van der Waals surface area contributed by atoms with Crippen molar-refractivity contribution >= 4 is 21.8 Å². The Morgan fingerprint density at radius 2 is 1.93 bits per heavy atom. The van der Waals surface area contributed by atoms with E-state index in [4.69, 9.17) is 0 Å². The minimum Gasteiger partial charge on any atom is -0.363 e. The smallest absolute Gasteiger partial charge is 0.246 e. The molecular formula is C11H10BrNO2. The molecule has 0 spiro atoms. The Balaban J connectivity index is 2.43. The normalized spacial score (nSPS) is 25.0. The molecule has 1 aromatic rings. The average Bonchev–Trinajstić information content (AvgIpc) is 2.42. The first-order chi connectivity index (χ1) is 7.02. The lowest BCUT2D eigenvalue weighted by atomic mass is 9.98. The maximum Gasteiger partial charge on any atom is 0.246 e. The fourth-order valence-electron chi connectivity index (χ4n) is 1.60. The van der Waals surface area contributed by atoms with E-state index >= 15 is 0 Å². The van der Waals surface area contributed by atoms with Crippen LogP contribution in [0.25, 0.3) is 0 Å². The Hall–Kier alpha value is -1.13. The number of hydrogen-bond donors (Lipinski definition) is 2. The van der Waals surface area contributed by atoms with Gasteiger partial charge in [-0.15, -0.1) is 0 Å². The van der Waals surface area contributed by atoms with Gasteiger partial charge in [-0.3, -0.25) is 4.79 Å². The summed E-state index contributed by atoms with van der Waals surface area (Å²) in [6, 6.07) is 7.19. The summed E-state index contributed by atoms with van der Waals surface area (Å²) >= 11 is 3.32. The van der Waals surface area contributed by atoms with Crippen molar-refractivity contribution in [2.24, 2.45) is 0 Å². The Bertz CT molecular complexity index is 438. The number of hydrogen-bond acceptors (Lipinski definition) is 2. The Kier molecular flexibility index (Phi) is 2.40. The van der Waals surface area contributed by atoms with E-state index in [0.29, 0.717) is 11.1 Å². The highest BCUT2D eigenvalue weighted by molar-refractivity contribution is 9.10. The highest BCUT2D eigenvalue weighted by Gasteiger charge is 2.37. The molecule has 1 aromatic carbocycles. The standard InChI is InChI=1S/C11H10BrNO2/c1-7-6-10(14)13-11(7,15)8-2-4-9(12)5-3-8/h2-6,15H,1H3,(H,13,14)/t11-/m0/s1. The second kappa shape index (κ2) is 3.47. The van der Waals surface area contributed by atoms with Crippen LogP contribution in [-0.2, 0) is 10.5 Å². The van der Waals surface area contributed by atoms with Gasteiger partial charge < -0.3 is 10.4 Å². The van der Waals surface area contributed by atoms with Crippen LogP contribution < -0.4 is 5.32 Å². The highest BCUT2D eigenvalue weighted by Crippen LogP contribution is 2.30. The van der Waals surface area contributed by atoms with Crippen LogP contribution in [0.1, 0.15) is 12.5 Å². The molecule has 2 N–H and O–H groups in total. The van der Waals surface area contributed by atoms with Crippen LogP contribution >= 0.6 is 15.9 Å². The summed E-state index contributed by atoms with van der Waals surface area (Å²) in [5.74, 6) is -0.266. The third-order valence-corrected chi connectivity index (χ3v) is 3.01. The van der Waals surface area contributed by atoms with Gasteiger partial charge in [0.1, 0.15) is 0 Å². The van der Waals surface area contributed by atoms with Crippen molar-refractivity contribution < 1.29 is 9.90 Å². The second-order valence-corrected chi connectivity index (χ2v) is 4.45. The maximum atomic E-state index is 11.2. The van der Waals surface area contributed by atoms with Crippen LogP contribution in [0.5, 0.6) is 0 Å². The first-order valence-electron chi connectivity index (χ1n) is 4.52. The topological polar surface area (TPSA) is 49.3 Å². The zero-order valence-corrected chi connectivity index (χ0v) is 9.71. The van der Waals surface area contributed by atoms with Crippen molar-refractivity contribution in [2.45, 2.75) is 12.6 Å². The molecule has 0 radical (unpaired) electrons. The van der Waals surface area contributed by atoms with Gasteiger partial charge in [-0.2, -0.15) is 0 Å². The van der Waals surface area contributed by atoms with E-state index in [2.05, 4.69) is 21.2 Å². The highest BCUT2D eigenvalue weighted by atomic mass is 79.9. The predicted octanol–water partition coefficient (Wildman–Crippen LogP) is 1.67. The number of carbonyl (C=O) groups is 1. The first kappa shape index (κ1) is 10.4. The minimum absolute atomic E-state index is 0.266. The Morgan fingerprint density at radius 1 is 1.33 bits per heavy atom. The van der Waals surface area contributed by atoms with Gasteiger partial charge in [-0.05, 0) is 24.6 Å². The van der Waals surface area contributed by atoms with Crippen molar-refractivity contribution in [1.82, 2.24) is 5.32 Å². The van der Waals surface area contributed by atoms with E-state index in [9.17, 15) is 9.90 Å². The molecule has 1 aliphatic rings. The van der Waals surface area contributed by atoms with Crippen molar-refractivity contribution in [3.8, 4) is 0 Å². The summed E-state index contributed by atoms with van der Waals surface area (Å²) in [7, 11) is 0. The van der Waals surface area contributed by atoms with E-state index in [-0.39, 0.29) is 5.91 Å². The lowest BCUT2D eigenvalue weighted by Crippen LogP contribution is -2.41. The van der Waals surface area contributed by atoms with Crippen LogP contribution in [0, 0.1) is 0 Å². The van der Waals surface area contributed by atoms with Gasteiger partial charge in [0.05, 0.1) is 0 Å². The molecule has 0 unspecified atom stereocenters. The molecule has 4 heteroatoms. The van der Waals surface area contributed by atoms with Gasteiger partial charge >= 0.3 is 0 Å². The van der Waals surface area contributed by atoms with E-state index < -0.39 is 5.72 Å². The summed E-state index contributed by atoms with van der Waals surface area (Å²) in [5.41, 5.74) is -0.0854. The number of rotatable bonds is 1. The number of halogens is 1. The van der Waals surface area contributed by atoms with Crippen molar-refractivity contribution in [3.05, 3.63) is 46.0 Å². The Morgan fingerprint density at radius 3 is 2.40 bits per heavy atom. The third kappa shape index (κ3) is 1.70. The number of carbonyl (C=O) groups excluding carboxylic acids is 1. The first-order valence-corrected chi connectivity index (χ1v) is 5.31. The third-order valence-electron chi connectivity index (χ3n) is 2.48. The summed E-state index contributed by atoms with van der Waals surface area (Å²) < 4.78 is 0.931. The van der Waals surface area contributed by atoms with E-state index in [1.54, 1.807) is 19.1 Å². The van der Waals surface area contributed by atoms with Crippen LogP contribution in [0.4, 0.5) is 0 Å². The van der Waals surface area contributed by atoms with Crippen LogP contribution in [0.15, 0.2) is 40.4 Å². The lowest BCUT2D eigenvalue weighted by Gasteiger charge is -2.25. The molecule has 1 aliphatic heterocycles. The summed E-state index contributed by atoms with van der Waals surface area (Å²) in [4.78, 5) is 11.2. The summed E-state index contributed by atoms with van der Waals surface area (Å²) in [6.45, 7) is 1.72. The van der Waals surface area contributed by atoms with Crippen molar-refractivity contribution in [3.63, 3.8) is 0 Å². The largest absolute Gasteiger partial charge is 0.363 e. The van der Waals surface area contributed by atoms with E-state index in [1.807, 2.05) is 12.1 Å². The number of amides is 1. The molecule has 15 heavy (non-hydrogen) atoms. The van der Waals surface area contributed by atoms with Gasteiger partial charge in [0.2, 0.25) is 5.91 Å². The fourth-order valence-corrected chi connectivity index (χ4v) is 1.87. The number of benzene rings is 1. The molecule has 0 aromatic heterocycles. The molecule has 0 bridgehead atoms.